The largest absolute Gasteiger partial charge is 0.465 e. The summed E-state index contributed by atoms with van der Waals surface area (Å²) in [7, 11) is 0. The van der Waals surface area contributed by atoms with Gasteiger partial charge < -0.3 is 9.84 Å². The highest BCUT2D eigenvalue weighted by Gasteiger charge is 2.36. The number of allylic oxidation sites excluding steroid dienone is 2. The quantitative estimate of drug-likeness (QED) is 0.505. The van der Waals surface area contributed by atoms with Gasteiger partial charge in [-0.25, -0.2) is 0 Å². The van der Waals surface area contributed by atoms with Gasteiger partial charge in [0.1, 0.15) is 11.6 Å². The van der Waals surface area contributed by atoms with Crippen LogP contribution in [0.5, 0.6) is 0 Å². The molecule has 3 N–H and O–H groups in total. The second-order valence-electron chi connectivity index (χ2n) is 3.28. The molecule has 1 aliphatic carbocycles. The molecule has 1 rings (SSSR count). The summed E-state index contributed by atoms with van der Waals surface area (Å²) in [6.45, 7) is 2.25. The van der Waals surface area contributed by atoms with Crippen LogP contribution in [0, 0.1) is 5.92 Å². The predicted molar refractivity (Wildman–Crippen MR) is 52.2 cm³/mol. The summed E-state index contributed by atoms with van der Waals surface area (Å²) in [6.07, 6.45) is 6.94. The third kappa shape index (κ3) is 2.43. The van der Waals surface area contributed by atoms with Crippen LogP contribution in [0.3, 0.4) is 0 Å². The van der Waals surface area contributed by atoms with Crippen LogP contribution in [0.25, 0.3) is 0 Å². The van der Waals surface area contributed by atoms with E-state index in [4.69, 9.17) is 10.5 Å². The van der Waals surface area contributed by atoms with Gasteiger partial charge in [0.25, 0.3) is 0 Å². The Morgan fingerprint density at radius 3 is 2.93 bits per heavy atom. The topological polar surface area (TPSA) is 72.5 Å². The molecule has 0 fully saturated rings. The lowest BCUT2D eigenvalue weighted by Gasteiger charge is -2.27. The molecule has 0 saturated heterocycles. The first-order valence-corrected chi connectivity index (χ1v) is 4.62. The van der Waals surface area contributed by atoms with E-state index in [9.17, 15) is 9.90 Å². The smallest absolute Gasteiger partial charge is 0.317 e. The molecule has 1 aliphatic rings. The second kappa shape index (κ2) is 4.39. The van der Waals surface area contributed by atoms with E-state index >= 15 is 0 Å². The third-order valence-corrected chi connectivity index (χ3v) is 1.98. The Kier molecular flexibility index (Phi) is 3.43. The maximum Gasteiger partial charge on any atom is 0.317 e. The number of rotatable bonds is 3. The molecule has 0 aromatic rings. The molecule has 0 aliphatic heterocycles. The number of carbonyl (C=O) groups excluding carboxylic acids is 1. The molecule has 78 valence electrons. The summed E-state index contributed by atoms with van der Waals surface area (Å²) < 4.78 is 4.90. The van der Waals surface area contributed by atoms with Crippen molar-refractivity contribution in [1.29, 1.82) is 0 Å². The van der Waals surface area contributed by atoms with E-state index in [2.05, 4.69) is 0 Å². The van der Waals surface area contributed by atoms with Gasteiger partial charge in [0.15, 0.2) is 0 Å². The van der Waals surface area contributed by atoms with E-state index in [0.717, 1.165) is 6.42 Å². The van der Waals surface area contributed by atoms with Crippen LogP contribution in [-0.4, -0.2) is 23.4 Å². The molecular weight excluding hydrogens is 182 g/mol. The fourth-order valence-electron chi connectivity index (χ4n) is 1.20. The van der Waals surface area contributed by atoms with E-state index in [1.54, 1.807) is 12.2 Å². The van der Waals surface area contributed by atoms with Crippen LogP contribution in [0.2, 0.25) is 0 Å². The number of hydrogen-bond acceptors (Lipinski definition) is 4. The van der Waals surface area contributed by atoms with Crippen molar-refractivity contribution in [2.45, 2.75) is 19.1 Å². The highest BCUT2D eigenvalue weighted by Crippen LogP contribution is 2.20. The van der Waals surface area contributed by atoms with Gasteiger partial charge in [-0.1, -0.05) is 25.2 Å². The predicted octanol–water partition coefficient (Wildman–Crippen LogP) is 0.329. The molecule has 0 heterocycles. The summed E-state index contributed by atoms with van der Waals surface area (Å²) in [5.74, 6) is -1.29. The molecule has 2 unspecified atom stereocenters. The lowest BCUT2D eigenvalue weighted by molar-refractivity contribution is -0.152. The molecule has 0 aromatic heterocycles. The SMILES string of the molecule is CCCOC(=O)C1C=CC=CC1(N)O. The number of aliphatic hydroxyl groups is 1. The van der Waals surface area contributed by atoms with Crippen LogP contribution in [-0.2, 0) is 9.53 Å². The molecule has 0 saturated carbocycles. The molecule has 4 nitrogen and oxygen atoms in total. The normalized spacial score (nSPS) is 30.4. The Labute approximate surface area is 83.0 Å². The van der Waals surface area contributed by atoms with Gasteiger partial charge in [-0.05, 0) is 12.5 Å². The summed E-state index contributed by atoms with van der Waals surface area (Å²) in [4.78, 5) is 11.4. The monoisotopic (exact) mass is 197 g/mol. The van der Waals surface area contributed by atoms with Gasteiger partial charge in [0.2, 0.25) is 0 Å². The fraction of sp³-hybridized carbons (Fsp3) is 0.500. The van der Waals surface area contributed by atoms with Crippen molar-refractivity contribution in [3.63, 3.8) is 0 Å². The van der Waals surface area contributed by atoms with E-state index in [1.165, 1.54) is 12.2 Å². The minimum absolute atomic E-state index is 0.350. The Morgan fingerprint density at radius 2 is 2.36 bits per heavy atom. The summed E-state index contributed by atoms with van der Waals surface area (Å²) in [6, 6.07) is 0. The highest BCUT2D eigenvalue weighted by molar-refractivity contribution is 5.76. The average molecular weight is 197 g/mol. The maximum absolute atomic E-state index is 11.4. The third-order valence-electron chi connectivity index (χ3n) is 1.98. The highest BCUT2D eigenvalue weighted by atomic mass is 16.5. The number of nitrogens with two attached hydrogens (primary N) is 1. The first-order chi connectivity index (χ1) is 6.58. The van der Waals surface area contributed by atoms with Crippen molar-refractivity contribution in [2.24, 2.45) is 11.7 Å². The maximum atomic E-state index is 11.4. The van der Waals surface area contributed by atoms with Crippen molar-refractivity contribution in [2.75, 3.05) is 6.61 Å². The van der Waals surface area contributed by atoms with Gasteiger partial charge in [-0.2, -0.15) is 0 Å². The molecule has 0 spiro atoms. The minimum Gasteiger partial charge on any atom is -0.465 e. The van der Waals surface area contributed by atoms with Crippen LogP contribution < -0.4 is 5.73 Å². The van der Waals surface area contributed by atoms with Crippen molar-refractivity contribution < 1.29 is 14.6 Å². The first kappa shape index (κ1) is 10.9. The van der Waals surface area contributed by atoms with Crippen LogP contribution in [0.15, 0.2) is 24.3 Å². The lowest BCUT2D eigenvalue weighted by atomic mass is 9.92. The van der Waals surface area contributed by atoms with Crippen LogP contribution >= 0.6 is 0 Å². The second-order valence-corrected chi connectivity index (χ2v) is 3.28. The number of ether oxygens (including phenoxy) is 1. The zero-order valence-corrected chi connectivity index (χ0v) is 8.14. The van der Waals surface area contributed by atoms with Gasteiger partial charge in [-0.3, -0.25) is 10.5 Å². The molecule has 0 bridgehead atoms. The minimum atomic E-state index is -1.63. The zero-order chi connectivity index (χ0) is 10.6. The van der Waals surface area contributed by atoms with Gasteiger partial charge >= 0.3 is 5.97 Å². The van der Waals surface area contributed by atoms with Crippen molar-refractivity contribution in [3.8, 4) is 0 Å². The Bertz CT molecular complexity index is 269. The Morgan fingerprint density at radius 1 is 1.64 bits per heavy atom. The van der Waals surface area contributed by atoms with Crippen molar-refractivity contribution >= 4 is 5.97 Å². The standard InChI is InChI=1S/C10H15NO3/c1-2-7-14-9(12)8-5-3-4-6-10(8,11)13/h3-6,8,13H,2,7,11H2,1H3. The summed E-state index contributed by atoms with van der Waals surface area (Å²) in [5.41, 5.74) is 3.89. The number of esters is 1. The zero-order valence-electron chi connectivity index (χ0n) is 8.14. The van der Waals surface area contributed by atoms with E-state index in [-0.39, 0.29) is 0 Å². The molecule has 0 radical (unpaired) electrons. The van der Waals surface area contributed by atoms with Gasteiger partial charge in [-0.15, -0.1) is 0 Å². The van der Waals surface area contributed by atoms with E-state index < -0.39 is 17.6 Å². The van der Waals surface area contributed by atoms with Crippen LogP contribution in [0.4, 0.5) is 0 Å². The lowest BCUT2D eigenvalue weighted by Crippen LogP contribution is -2.49. The Balaban J connectivity index is 2.63. The number of carbonyl (C=O) groups is 1. The van der Waals surface area contributed by atoms with Crippen molar-refractivity contribution in [1.82, 2.24) is 0 Å². The van der Waals surface area contributed by atoms with Gasteiger partial charge in [0, 0.05) is 0 Å². The molecule has 14 heavy (non-hydrogen) atoms. The first-order valence-electron chi connectivity index (χ1n) is 4.62. The fourth-order valence-corrected chi connectivity index (χ4v) is 1.20. The van der Waals surface area contributed by atoms with E-state index in [1.807, 2.05) is 6.92 Å². The van der Waals surface area contributed by atoms with Gasteiger partial charge in [0.05, 0.1) is 6.61 Å². The molecule has 0 aromatic carbocycles. The summed E-state index contributed by atoms with van der Waals surface area (Å²) >= 11 is 0. The van der Waals surface area contributed by atoms with Crippen molar-refractivity contribution in [3.05, 3.63) is 24.3 Å². The molecule has 4 heteroatoms. The summed E-state index contributed by atoms with van der Waals surface area (Å²) in [5, 5.41) is 9.64. The van der Waals surface area contributed by atoms with E-state index in [0.29, 0.717) is 6.61 Å². The molecular formula is C10H15NO3. The average Bonchev–Trinajstić information content (AvgIpc) is 2.13. The molecule has 0 amide bonds. The Hall–Kier alpha value is -1.13. The van der Waals surface area contributed by atoms with Crippen LogP contribution in [0.1, 0.15) is 13.3 Å². The number of hydrogen-bond donors (Lipinski definition) is 2. The molecule has 2 atom stereocenters.